The van der Waals surface area contributed by atoms with Crippen molar-refractivity contribution in [2.45, 2.75) is 225 Å². The minimum atomic E-state index is -4.62. The summed E-state index contributed by atoms with van der Waals surface area (Å²) in [7, 11) is 1.17. The van der Waals surface area contributed by atoms with E-state index in [2.05, 4.69) is 26.0 Å². The molecule has 0 rings (SSSR count). The highest BCUT2D eigenvalue weighted by molar-refractivity contribution is 7.45. The topological polar surface area (TPSA) is 111 Å². The molecular formula is C46H90NO8P. The fraction of sp³-hybridized carbons (Fsp3) is 0.913. The molecule has 0 bridgehead atoms. The van der Waals surface area contributed by atoms with Crippen LogP contribution in [0.2, 0.25) is 0 Å². The summed E-state index contributed by atoms with van der Waals surface area (Å²) >= 11 is 0. The number of phosphoric acid groups is 1. The Labute approximate surface area is 346 Å². The van der Waals surface area contributed by atoms with Gasteiger partial charge in [0.15, 0.2) is 6.10 Å². The third-order valence-electron chi connectivity index (χ3n) is 10.3. The molecule has 0 heterocycles. The standard InChI is InChI=1S/C46H90NO8P/c1-6-8-10-12-14-16-18-20-22-23-25-26-28-30-32-34-36-38-45(48)52-42-44(43-54-56(50,51)53-41-40-47(3,4)5)55-46(49)39-37-35-33-31-29-27-24-21-19-17-15-13-11-9-7-2/h20,22,44H,6-19,21,23-43H2,1-5H3/b22-20-/t44-/m1/s1. The van der Waals surface area contributed by atoms with Crippen LogP contribution in [0.3, 0.4) is 0 Å². The number of likely N-dealkylation sites (N-methyl/N-ethyl adjacent to an activating group) is 1. The molecule has 0 aromatic heterocycles. The fourth-order valence-electron chi connectivity index (χ4n) is 6.59. The Balaban J connectivity index is 4.29. The predicted molar refractivity (Wildman–Crippen MR) is 231 cm³/mol. The van der Waals surface area contributed by atoms with Crippen molar-refractivity contribution in [3.05, 3.63) is 12.2 Å². The van der Waals surface area contributed by atoms with E-state index in [-0.39, 0.29) is 32.0 Å². The van der Waals surface area contributed by atoms with E-state index in [1.165, 1.54) is 148 Å². The first-order chi connectivity index (χ1) is 27.0. The minimum absolute atomic E-state index is 0.0282. The number of unbranched alkanes of at least 4 members (excludes halogenated alkanes) is 27. The summed E-state index contributed by atoms with van der Waals surface area (Å²) in [6.07, 6.45) is 40.9. The lowest BCUT2D eigenvalue weighted by Gasteiger charge is -2.28. The Kier molecular flexibility index (Phi) is 38.3. The molecule has 0 saturated heterocycles. The third kappa shape index (κ3) is 42.4. The monoisotopic (exact) mass is 816 g/mol. The SMILES string of the molecule is CCCCCCCC/C=C\CCCCCCCCCC(=O)OC[C@H](COP(=O)([O-])OCC[N+](C)(C)C)OC(=O)CCCCCCCCCCCCCCCCC. The second kappa shape index (κ2) is 39.2. The first-order valence-electron chi connectivity index (χ1n) is 23.4. The van der Waals surface area contributed by atoms with Gasteiger partial charge in [0.05, 0.1) is 27.7 Å². The van der Waals surface area contributed by atoms with Gasteiger partial charge in [0, 0.05) is 12.8 Å². The summed E-state index contributed by atoms with van der Waals surface area (Å²) in [6, 6.07) is 0. The van der Waals surface area contributed by atoms with Crippen molar-refractivity contribution in [2.24, 2.45) is 0 Å². The van der Waals surface area contributed by atoms with Gasteiger partial charge in [-0.15, -0.1) is 0 Å². The Hall–Kier alpha value is -1.25. The van der Waals surface area contributed by atoms with Crippen molar-refractivity contribution in [1.29, 1.82) is 0 Å². The molecule has 332 valence electrons. The van der Waals surface area contributed by atoms with E-state index in [9.17, 15) is 19.0 Å². The lowest BCUT2D eigenvalue weighted by atomic mass is 10.0. The van der Waals surface area contributed by atoms with Crippen LogP contribution in [0.4, 0.5) is 0 Å². The Bertz CT molecular complexity index is 969. The van der Waals surface area contributed by atoms with E-state index in [1.807, 2.05) is 21.1 Å². The molecule has 1 unspecified atom stereocenters. The van der Waals surface area contributed by atoms with Crippen LogP contribution in [0.25, 0.3) is 0 Å². The molecule has 0 aliphatic carbocycles. The van der Waals surface area contributed by atoms with Crippen molar-refractivity contribution in [2.75, 3.05) is 47.5 Å². The normalized spacial score (nSPS) is 13.6. The lowest BCUT2D eigenvalue weighted by Crippen LogP contribution is -2.37. The number of carbonyl (C=O) groups is 2. The first kappa shape index (κ1) is 54.8. The molecule has 0 spiro atoms. The highest BCUT2D eigenvalue weighted by atomic mass is 31.2. The number of hydrogen-bond acceptors (Lipinski definition) is 8. The Morgan fingerprint density at radius 2 is 0.911 bits per heavy atom. The van der Waals surface area contributed by atoms with Gasteiger partial charge in [-0.1, -0.05) is 180 Å². The van der Waals surface area contributed by atoms with Gasteiger partial charge in [0.1, 0.15) is 19.8 Å². The minimum Gasteiger partial charge on any atom is -0.756 e. The van der Waals surface area contributed by atoms with Crippen LogP contribution in [0.15, 0.2) is 12.2 Å². The van der Waals surface area contributed by atoms with E-state index >= 15 is 0 Å². The fourth-order valence-corrected chi connectivity index (χ4v) is 7.32. The van der Waals surface area contributed by atoms with E-state index in [1.54, 1.807) is 0 Å². The average Bonchev–Trinajstić information content (AvgIpc) is 3.15. The van der Waals surface area contributed by atoms with Crippen molar-refractivity contribution >= 4 is 19.8 Å². The van der Waals surface area contributed by atoms with Crippen LogP contribution in [0, 0.1) is 0 Å². The number of allylic oxidation sites excluding steroid dienone is 2. The molecule has 9 nitrogen and oxygen atoms in total. The predicted octanol–water partition coefficient (Wildman–Crippen LogP) is 12.7. The van der Waals surface area contributed by atoms with Crippen molar-refractivity contribution in [3.8, 4) is 0 Å². The summed E-state index contributed by atoms with van der Waals surface area (Å²) in [5.41, 5.74) is 0. The third-order valence-corrected chi connectivity index (χ3v) is 11.2. The van der Waals surface area contributed by atoms with Crippen molar-refractivity contribution in [1.82, 2.24) is 0 Å². The molecule has 0 amide bonds. The molecule has 0 aliphatic heterocycles. The van der Waals surface area contributed by atoms with Gasteiger partial charge in [-0.3, -0.25) is 14.2 Å². The van der Waals surface area contributed by atoms with Crippen molar-refractivity contribution < 1.29 is 42.1 Å². The van der Waals surface area contributed by atoms with Gasteiger partial charge in [0.2, 0.25) is 0 Å². The number of rotatable bonds is 43. The number of nitrogens with zero attached hydrogens (tertiary/aromatic N) is 1. The summed E-state index contributed by atoms with van der Waals surface area (Å²) in [5, 5.41) is 0. The molecule has 10 heteroatoms. The van der Waals surface area contributed by atoms with Gasteiger partial charge >= 0.3 is 11.9 Å². The van der Waals surface area contributed by atoms with E-state index in [0.29, 0.717) is 17.4 Å². The highest BCUT2D eigenvalue weighted by Crippen LogP contribution is 2.38. The number of quaternary nitrogens is 1. The molecule has 56 heavy (non-hydrogen) atoms. The molecule has 0 fully saturated rings. The maximum Gasteiger partial charge on any atom is 0.306 e. The van der Waals surface area contributed by atoms with Crippen LogP contribution in [0.1, 0.15) is 219 Å². The van der Waals surface area contributed by atoms with Gasteiger partial charge < -0.3 is 27.9 Å². The average molecular weight is 816 g/mol. The van der Waals surface area contributed by atoms with Crippen LogP contribution in [-0.4, -0.2) is 70.0 Å². The quantitative estimate of drug-likeness (QED) is 0.0197. The zero-order chi connectivity index (χ0) is 41.4. The van der Waals surface area contributed by atoms with Crippen LogP contribution < -0.4 is 4.89 Å². The summed E-state index contributed by atoms with van der Waals surface area (Å²) in [6.45, 7) is 4.25. The van der Waals surface area contributed by atoms with Crippen LogP contribution in [-0.2, 0) is 32.7 Å². The molecule has 2 atom stereocenters. The molecule has 0 aromatic rings. The smallest absolute Gasteiger partial charge is 0.306 e. The molecular weight excluding hydrogens is 725 g/mol. The number of carbonyl (C=O) groups excluding carboxylic acids is 2. The first-order valence-corrected chi connectivity index (χ1v) is 24.9. The van der Waals surface area contributed by atoms with E-state index < -0.39 is 26.5 Å². The second-order valence-electron chi connectivity index (χ2n) is 17.1. The number of esters is 2. The second-order valence-corrected chi connectivity index (χ2v) is 18.5. The summed E-state index contributed by atoms with van der Waals surface area (Å²) in [4.78, 5) is 37.6. The Morgan fingerprint density at radius 3 is 1.32 bits per heavy atom. The van der Waals surface area contributed by atoms with Crippen LogP contribution in [0.5, 0.6) is 0 Å². The van der Waals surface area contributed by atoms with Gasteiger partial charge in [0.25, 0.3) is 7.82 Å². The molecule has 0 N–H and O–H groups in total. The van der Waals surface area contributed by atoms with E-state index in [0.717, 1.165) is 38.5 Å². The molecule has 0 aliphatic rings. The highest BCUT2D eigenvalue weighted by Gasteiger charge is 2.21. The molecule has 0 radical (unpaired) electrons. The Morgan fingerprint density at radius 1 is 0.536 bits per heavy atom. The van der Waals surface area contributed by atoms with Gasteiger partial charge in [-0.05, 0) is 38.5 Å². The maximum atomic E-state index is 12.7. The number of phosphoric ester groups is 1. The van der Waals surface area contributed by atoms with Gasteiger partial charge in [-0.2, -0.15) is 0 Å². The number of ether oxygens (including phenoxy) is 2. The molecule has 0 saturated carbocycles. The summed E-state index contributed by atoms with van der Waals surface area (Å²) in [5.74, 6) is -0.828. The zero-order valence-electron chi connectivity index (χ0n) is 37.3. The largest absolute Gasteiger partial charge is 0.756 e. The van der Waals surface area contributed by atoms with Gasteiger partial charge in [-0.25, -0.2) is 0 Å². The maximum absolute atomic E-state index is 12.7. The van der Waals surface area contributed by atoms with Crippen LogP contribution >= 0.6 is 7.82 Å². The zero-order valence-corrected chi connectivity index (χ0v) is 38.2. The molecule has 0 aromatic carbocycles. The summed E-state index contributed by atoms with van der Waals surface area (Å²) < 4.78 is 34.0. The van der Waals surface area contributed by atoms with Crippen molar-refractivity contribution in [3.63, 3.8) is 0 Å². The van der Waals surface area contributed by atoms with E-state index in [4.69, 9.17) is 18.5 Å². The lowest BCUT2D eigenvalue weighted by molar-refractivity contribution is -0.870. The number of hydrogen-bond donors (Lipinski definition) is 0.